The van der Waals surface area contributed by atoms with Crippen molar-refractivity contribution in [3.63, 3.8) is 0 Å². The molecule has 0 aliphatic rings. The summed E-state index contributed by atoms with van der Waals surface area (Å²) in [5.41, 5.74) is 0.143. The van der Waals surface area contributed by atoms with Crippen molar-refractivity contribution in [3.05, 3.63) is 65.2 Å². The Bertz CT molecular complexity index is 836. The van der Waals surface area contributed by atoms with E-state index in [1.54, 1.807) is 6.07 Å². The van der Waals surface area contributed by atoms with Crippen LogP contribution in [0.1, 0.15) is 34.6 Å². The summed E-state index contributed by atoms with van der Waals surface area (Å²) in [4.78, 5) is 35.3. The van der Waals surface area contributed by atoms with Gasteiger partial charge >= 0.3 is 5.97 Å². The smallest absolute Gasteiger partial charge is 0.338 e. The quantitative estimate of drug-likeness (QED) is 0.665. The molecule has 0 unspecified atom stereocenters. The minimum Gasteiger partial charge on any atom is -0.451 e. The minimum absolute atomic E-state index is 0.116. The molecule has 0 radical (unpaired) electrons. The first-order chi connectivity index (χ1) is 11.8. The van der Waals surface area contributed by atoms with E-state index >= 15 is 0 Å². The summed E-state index contributed by atoms with van der Waals surface area (Å²) < 4.78 is 31.6. The fourth-order valence-corrected chi connectivity index (χ4v) is 2.12. The Labute approximate surface area is 142 Å². The predicted molar refractivity (Wildman–Crippen MR) is 86.3 cm³/mol. The number of carbonyl (C=O) groups excluding carboxylic acids is 3. The fourth-order valence-electron chi connectivity index (χ4n) is 2.12. The van der Waals surface area contributed by atoms with Crippen molar-refractivity contribution in [3.8, 4) is 0 Å². The average molecular weight is 347 g/mol. The Morgan fingerprint density at radius 3 is 2.44 bits per heavy atom. The van der Waals surface area contributed by atoms with Crippen molar-refractivity contribution in [2.45, 2.75) is 20.0 Å². The lowest BCUT2D eigenvalue weighted by atomic mass is 10.1. The highest BCUT2D eigenvalue weighted by molar-refractivity contribution is 6.02. The summed E-state index contributed by atoms with van der Waals surface area (Å²) in [7, 11) is 0. The summed E-state index contributed by atoms with van der Waals surface area (Å²) in [5.74, 6) is -3.74. The summed E-state index contributed by atoms with van der Waals surface area (Å²) in [6, 6.07) is 8.48. The zero-order valence-electron chi connectivity index (χ0n) is 13.5. The second-order valence-electron chi connectivity index (χ2n) is 5.30. The van der Waals surface area contributed by atoms with E-state index in [1.807, 2.05) is 0 Å². The number of halogens is 2. The van der Waals surface area contributed by atoms with E-state index in [2.05, 4.69) is 5.32 Å². The van der Waals surface area contributed by atoms with Gasteiger partial charge in [0.1, 0.15) is 11.6 Å². The van der Waals surface area contributed by atoms with Crippen LogP contribution < -0.4 is 5.32 Å². The molecule has 2 aromatic carbocycles. The molecule has 1 N–H and O–H groups in total. The molecule has 25 heavy (non-hydrogen) atoms. The number of carbonyl (C=O) groups is 3. The Morgan fingerprint density at radius 2 is 1.80 bits per heavy atom. The second-order valence-corrected chi connectivity index (χ2v) is 5.30. The van der Waals surface area contributed by atoms with Gasteiger partial charge in [0.25, 0.3) is 0 Å². The maximum atomic E-state index is 13.7. The summed E-state index contributed by atoms with van der Waals surface area (Å²) >= 11 is 0. The van der Waals surface area contributed by atoms with Gasteiger partial charge in [-0.15, -0.1) is 0 Å². The number of rotatable bonds is 5. The molecule has 0 heterocycles. The van der Waals surface area contributed by atoms with E-state index in [4.69, 9.17) is 4.74 Å². The Morgan fingerprint density at radius 1 is 1.08 bits per heavy atom. The molecule has 0 aliphatic carbocycles. The molecular weight excluding hydrogens is 332 g/mol. The van der Waals surface area contributed by atoms with Gasteiger partial charge in [-0.1, -0.05) is 6.07 Å². The molecule has 7 heteroatoms. The highest BCUT2D eigenvalue weighted by atomic mass is 19.1. The number of hydrogen-bond acceptors (Lipinski definition) is 4. The van der Waals surface area contributed by atoms with Crippen molar-refractivity contribution in [2.75, 3.05) is 5.32 Å². The van der Waals surface area contributed by atoms with E-state index in [-0.39, 0.29) is 17.0 Å². The molecule has 0 bridgehead atoms. The molecule has 1 amide bonds. The van der Waals surface area contributed by atoms with Crippen LogP contribution in [0.15, 0.2) is 42.5 Å². The minimum atomic E-state index is -1.27. The van der Waals surface area contributed by atoms with Gasteiger partial charge in [0.15, 0.2) is 6.10 Å². The summed E-state index contributed by atoms with van der Waals surface area (Å²) in [6.45, 7) is 2.61. The lowest BCUT2D eigenvalue weighted by Crippen LogP contribution is -2.25. The fraction of sp³-hybridized carbons (Fsp3) is 0.167. The van der Waals surface area contributed by atoms with Crippen molar-refractivity contribution >= 4 is 23.3 Å². The van der Waals surface area contributed by atoms with Gasteiger partial charge in [0, 0.05) is 18.7 Å². The first-order valence-electron chi connectivity index (χ1n) is 7.36. The number of anilines is 1. The summed E-state index contributed by atoms with van der Waals surface area (Å²) in [5, 5.41) is 2.52. The first-order valence-corrected chi connectivity index (χ1v) is 7.36. The van der Waals surface area contributed by atoms with Crippen LogP contribution in [0.5, 0.6) is 0 Å². The van der Waals surface area contributed by atoms with Crippen LogP contribution in [-0.2, 0) is 9.53 Å². The third kappa shape index (κ3) is 4.69. The molecule has 0 aromatic heterocycles. The van der Waals surface area contributed by atoms with Crippen LogP contribution in [0, 0.1) is 11.6 Å². The lowest BCUT2D eigenvalue weighted by Gasteiger charge is -2.13. The number of nitrogens with one attached hydrogen (secondary N) is 1. The lowest BCUT2D eigenvalue weighted by molar-refractivity contribution is -0.114. The molecule has 0 saturated heterocycles. The third-order valence-electron chi connectivity index (χ3n) is 3.27. The van der Waals surface area contributed by atoms with Crippen LogP contribution >= 0.6 is 0 Å². The molecule has 0 aliphatic heterocycles. The van der Waals surface area contributed by atoms with Gasteiger partial charge in [0.05, 0.1) is 11.1 Å². The monoisotopic (exact) mass is 347 g/mol. The number of benzene rings is 2. The van der Waals surface area contributed by atoms with E-state index in [9.17, 15) is 23.2 Å². The van der Waals surface area contributed by atoms with E-state index in [1.165, 1.54) is 32.0 Å². The number of amides is 1. The van der Waals surface area contributed by atoms with Gasteiger partial charge in [-0.3, -0.25) is 9.59 Å². The van der Waals surface area contributed by atoms with Crippen LogP contribution in [0.3, 0.4) is 0 Å². The Balaban J connectivity index is 2.11. The zero-order valence-corrected chi connectivity index (χ0v) is 13.5. The van der Waals surface area contributed by atoms with Gasteiger partial charge < -0.3 is 10.1 Å². The number of esters is 1. The topological polar surface area (TPSA) is 72.5 Å². The Kier molecular flexibility index (Phi) is 5.59. The second kappa shape index (κ2) is 7.65. The molecule has 2 rings (SSSR count). The molecule has 0 fully saturated rings. The number of hydrogen-bond donors (Lipinski definition) is 1. The van der Waals surface area contributed by atoms with Crippen molar-refractivity contribution in [1.82, 2.24) is 0 Å². The normalized spacial score (nSPS) is 11.5. The Hall–Kier alpha value is -3.09. The maximum Gasteiger partial charge on any atom is 0.338 e. The molecule has 1 atom stereocenters. The van der Waals surface area contributed by atoms with Crippen LogP contribution in [0.25, 0.3) is 0 Å². The average Bonchev–Trinajstić information content (AvgIpc) is 2.53. The van der Waals surface area contributed by atoms with Gasteiger partial charge in [0.2, 0.25) is 11.7 Å². The van der Waals surface area contributed by atoms with Crippen molar-refractivity contribution < 1.29 is 27.9 Å². The van der Waals surface area contributed by atoms with Crippen molar-refractivity contribution in [1.29, 1.82) is 0 Å². The highest BCUT2D eigenvalue weighted by Gasteiger charge is 2.23. The summed E-state index contributed by atoms with van der Waals surface area (Å²) in [6.07, 6.45) is -1.27. The van der Waals surface area contributed by atoms with Crippen LogP contribution in [-0.4, -0.2) is 23.8 Å². The van der Waals surface area contributed by atoms with E-state index < -0.39 is 29.5 Å². The molecule has 5 nitrogen and oxygen atoms in total. The number of Topliss-reactive ketones (excluding diaryl/α,β-unsaturated/α-hetero) is 1. The molecule has 0 saturated carbocycles. The van der Waals surface area contributed by atoms with Gasteiger partial charge in [-0.2, -0.15) is 0 Å². The molecular formula is C18H15F2NO4. The first kappa shape index (κ1) is 18.3. The van der Waals surface area contributed by atoms with Gasteiger partial charge in [-0.05, 0) is 37.3 Å². The molecule has 2 aromatic rings. The van der Waals surface area contributed by atoms with E-state index in [0.717, 1.165) is 12.1 Å². The van der Waals surface area contributed by atoms with Crippen LogP contribution in [0.4, 0.5) is 14.5 Å². The highest BCUT2D eigenvalue weighted by Crippen LogP contribution is 2.16. The third-order valence-corrected chi connectivity index (χ3v) is 3.27. The maximum absolute atomic E-state index is 13.7. The van der Waals surface area contributed by atoms with Gasteiger partial charge in [-0.25, -0.2) is 13.6 Å². The molecule has 0 spiro atoms. The van der Waals surface area contributed by atoms with E-state index in [0.29, 0.717) is 11.8 Å². The standard InChI is InChI=1S/C18H15F2NO4/c1-10(17(23)15-7-6-13(19)9-16(15)20)25-18(24)12-4-3-5-14(8-12)21-11(2)22/h3-10H,1-2H3,(H,21,22)/t10-/m1/s1. The van der Waals surface area contributed by atoms with Crippen molar-refractivity contribution in [2.24, 2.45) is 0 Å². The molecule has 130 valence electrons. The van der Waals surface area contributed by atoms with Crippen LogP contribution in [0.2, 0.25) is 0 Å². The zero-order chi connectivity index (χ0) is 18.6. The number of ether oxygens (including phenoxy) is 1. The SMILES string of the molecule is CC(=O)Nc1cccc(C(=O)O[C@H](C)C(=O)c2ccc(F)cc2F)c1. The number of ketones is 1. The largest absolute Gasteiger partial charge is 0.451 e. The predicted octanol–water partition coefficient (Wildman–Crippen LogP) is 3.35.